The zero-order valence-corrected chi connectivity index (χ0v) is 12.0. The Morgan fingerprint density at radius 2 is 2.11 bits per heavy atom. The van der Waals surface area contributed by atoms with Crippen molar-refractivity contribution in [1.29, 1.82) is 0 Å². The van der Waals surface area contributed by atoms with E-state index < -0.39 is 11.4 Å². The highest BCUT2D eigenvalue weighted by atomic mass is 19.1. The fraction of sp³-hybridized carbons (Fsp3) is 0.571. The van der Waals surface area contributed by atoms with Crippen LogP contribution in [0.25, 0.3) is 0 Å². The second-order valence-corrected chi connectivity index (χ2v) is 5.52. The molecule has 1 atom stereocenters. The standard InChI is InChI=1S/C14H23FN2O2/c1-9(2)7-14(3,18)8-17-12-6-13(19-4)10(15)5-11(12)16/h5-6,9,17-18H,7-8,16H2,1-4H3. The molecule has 4 nitrogen and oxygen atoms in total. The number of ether oxygens (including phenoxy) is 1. The van der Waals surface area contributed by atoms with Crippen molar-refractivity contribution < 1.29 is 14.2 Å². The number of aliphatic hydroxyl groups is 1. The molecule has 108 valence electrons. The zero-order chi connectivity index (χ0) is 14.6. The number of benzene rings is 1. The Morgan fingerprint density at radius 3 is 2.63 bits per heavy atom. The number of rotatable bonds is 6. The van der Waals surface area contributed by atoms with Gasteiger partial charge in [0.05, 0.1) is 24.1 Å². The number of hydrogen-bond acceptors (Lipinski definition) is 4. The number of nitrogens with one attached hydrogen (secondary N) is 1. The molecule has 0 aliphatic carbocycles. The van der Waals surface area contributed by atoms with Gasteiger partial charge in [-0.15, -0.1) is 0 Å². The van der Waals surface area contributed by atoms with Crippen molar-refractivity contribution in [3.8, 4) is 5.75 Å². The van der Waals surface area contributed by atoms with Crippen LogP contribution in [-0.2, 0) is 0 Å². The molecule has 0 amide bonds. The van der Waals surface area contributed by atoms with Crippen LogP contribution in [0.4, 0.5) is 15.8 Å². The molecule has 1 unspecified atom stereocenters. The van der Waals surface area contributed by atoms with Gasteiger partial charge in [-0.25, -0.2) is 4.39 Å². The summed E-state index contributed by atoms with van der Waals surface area (Å²) in [6, 6.07) is 2.70. The van der Waals surface area contributed by atoms with E-state index in [-0.39, 0.29) is 5.75 Å². The predicted molar refractivity (Wildman–Crippen MR) is 75.9 cm³/mol. The average molecular weight is 270 g/mol. The molecule has 1 aromatic rings. The Kier molecular flexibility index (Phi) is 5.00. The molecule has 0 spiro atoms. The van der Waals surface area contributed by atoms with Crippen LogP contribution in [0.2, 0.25) is 0 Å². The van der Waals surface area contributed by atoms with Gasteiger partial charge in [-0.2, -0.15) is 0 Å². The van der Waals surface area contributed by atoms with E-state index in [4.69, 9.17) is 10.5 Å². The summed E-state index contributed by atoms with van der Waals surface area (Å²) < 4.78 is 18.3. The molecule has 0 bridgehead atoms. The van der Waals surface area contributed by atoms with E-state index in [1.165, 1.54) is 19.2 Å². The van der Waals surface area contributed by atoms with Crippen molar-refractivity contribution in [1.82, 2.24) is 0 Å². The summed E-state index contributed by atoms with van der Waals surface area (Å²) in [6.07, 6.45) is 0.665. The zero-order valence-electron chi connectivity index (χ0n) is 12.0. The topological polar surface area (TPSA) is 67.5 Å². The molecule has 5 heteroatoms. The fourth-order valence-electron chi connectivity index (χ4n) is 2.12. The Hall–Kier alpha value is -1.49. The van der Waals surface area contributed by atoms with Crippen molar-refractivity contribution in [2.45, 2.75) is 32.8 Å². The van der Waals surface area contributed by atoms with Crippen LogP contribution in [0.15, 0.2) is 12.1 Å². The Morgan fingerprint density at radius 1 is 1.47 bits per heavy atom. The van der Waals surface area contributed by atoms with Gasteiger partial charge in [0.1, 0.15) is 0 Å². The third-order valence-electron chi connectivity index (χ3n) is 2.83. The molecular formula is C14H23FN2O2. The number of anilines is 2. The monoisotopic (exact) mass is 270 g/mol. The summed E-state index contributed by atoms with van der Waals surface area (Å²) >= 11 is 0. The normalized spacial score (nSPS) is 14.3. The van der Waals surface area contributed by atoms with E-state index in [0.29, 0.717) is 30.3 Å². The van der Waals surface area contributed by atoms with Gasteiger partial charge in [-0.05, 0) is 19.3 Å². The number of nitrogens with two attached hydrogens (primary N) is 1. The lowest BCUT2D eigenvalue weighted by atomic mass is 9.94. The van der Waals surface area contributed by atoms with Crippen LogP contribution < -0.4 is 15.8 Å². The highest BCUT2D eigenvalue weighted by molar-refractivity contribution is 5.68. The predicted octanol–water partition coefficient (Wildman–Crippen LogP) is 2.63. The third-order valence-corrected chi connectivity index (χ3v) is 2.83. The molecule has 0 radical (unpaired) electrons. The molecule has 0 saturated carbocycles. The van der Waals surface area contributed by atoms with E-state index in [2.05, 4.69) is 5.32 Å². The fourth-order valence-corrected chi connectivity index (χ4v) is 2.12. The summed E-state index contributed by atoms with van der Waals surface area (Å²) in [7, 11) is 1.40. The van der Waals surface area contributed by atoms with Crippen molar-refractivity contribution in [3.05, 3.63) is 17.9 Å². The van der Waals surface area contributed by atoms with Crippen LogP contribution >= 0.6 is 0 Å². The summed E-state index contributed by atoms with van der Waals surface area (Å²) in [6.45, 7) is 6.19. The third kappa shape index (κ3) is 4.59. The quantitative estimate of drug-likeness (QED) is 0.695. The largest absolute Gasteiger partial charge is 0.494 e. The van der Waals surface area contributed by atoms with Gasteiger partial charge in [-0.1, -0.05) is 13.8 Å². The maximum absolute atomic E-state index is 13.4. The molecule has 0 aliphatic heterocycles. The molecule has 0 aliphatic rings. The van der Waals surface area contributed by atoms with Gasteiger partial charge in [0.2, 0.25) is 0 Å². The molecule has 0 aromatic heterocycles. The lowest BCUT2D eigenvalue weighted by molar-refractivity contribution is 0.0515. The minimum absolute atomic E-state index is 0.125. The molecule has 1 aromatic carbocycles. The van der Waals surface area contributed by atoms with Crippen LogP contribution in [0.3, 0.4) is 0 Å². The van der Waals surface area contributed by atoms with Gasteiger partial charge >= 0.3 is 0 Å². The van der Waals surface area contributed by atoms with E-state index in [0.717, 1.165) is 0 Å². The SMILES string of the molecule is COc1cc(NCC(C)(O)CC(C)C)c(N)cc1F. The Labute approximate surface area is 113 Å². The summed E-state index contributed by atoms with van der Waals surface area (Å²) in [5, 5.41) is 13.2. The number of halogens is 1. The van der Waals surface area contributed by atoms with Crippen molar-refractivity contribution >= 4 is 11.4 Å². The molecule has 0 heterocycles. The Balaban J connectivity index is 2.77. The average Bonchev–Trinajstić information content (AvgIpc) is 2.26. The summed E-state index contributed by atoms with van der Waals surface area (Å²) in [5.74, 6) is 0.0107. The van der Waals surface area contributed by atoms with Crippen LogP contribution in [0, 0.1) is 11.7 Å². The van der Waals surface area contributed by atoms with Gasteiger partial charge < -0.3 is 20.9 Å². The first-order valence-electron chi connectivity index (χ1n) is 6.34. The first-order valence-corrected chi connectivity index (χ1v) is 6.34. The smallest absolute Gasteiger partial charge is 0.167 e. The molecule has 0 fully saturated rings. The van der Waals surface area contributed by atoms with E-state index in [1.54, 1.807) is 6.92 Å². The van der Waals surface area contributed by atoms with Gasteiger partial charge in [0.25, 0.3) is 0 Å². The lowest BCUT2D eigenvalue weighted by Crippen LogP contribution is -2.35. The first kappa shape index (κ1) is 15.6. The lowest BCUT2D eigenvalue weighted by Gasteiger charge is -2.26. The molecular weight excluding hydrogens is 247 g/mol. The van der Waals surface area contributed by atoms with E-state index in [1.807, 2.05) is 13.8 Å². The summed E-state index contributed by atoms with van der Waals surface area (Å²) in [5.41, 5.74) is 5.74. The Bertz CT molecular complexity index is 434. The number of hydrogen-bond donors (Lipinski definition) is 3. The van der Waals surface area contributed by atoms with E-state index in [9.17, 15) is 9.50 Å². The maximum Gasteiger partial charge on any atom is 0.167 e. The number of nitrogen functional groups attached to an aromatic ring is 1. The van der Waals surface area contributed by atoms with Crippen LogP contribution in [0.5, 0.6) is 5.75 Å². The molecule has 1 rings (SSSR count). The van der Waals surface area contributed by atoms with Gasteiger partial charge in [-0.3, -0.25) is 0 Å². The maximum atomic E-state index is 13.4. The molecule has 0 saturated heterocycles. The van der Waals surface area contributed by atoms with Crippen molar-refractivity contribution in [3.63, 3.8) is 0 Å². The highest BCUT2D eigenvalue weighted by Crippen LogP contribution is 2.28. The minimum Gasteiger partial charge on any atom is -0.494 e. The van der Waals surface area contributed by atoms with E-state index >= 15 is 0 Å². The summed E-state index contributed by atoms with van der Waals surface area (Å²) in [4.78, 5) is 0. The van der Waals surface area contributed by atoms with Gasteiger partial charge in [0, 0.05) is 18.7 Å². The van der Waals surface area contributed by atoms with Crippen molar-refractivity contribution in [2.75, 3.05) is 24.7 Å². The second kappa shape index (κ2) is 6.10. The second-order valence-electron chi connectivity index (χ2n) is 5.52. The van der Waals surface area contributed by atoms with Crippen molar-refractivity contribution in [2.24, 2.45) is 5.92 Å². The van der Waals surface area contributed by atoms with Crippen LogP contribution in [-0.4, -0.2) is 24.4 Å². The van der Waals surface area contributed by atoms with Crippen LogP contribution in [0.1, 0.15) is 27.2 Å². The molecule has 4 N–H and O–H groups in total. The molecule has 19 heavy (non-hydrogen) atoms. The highest BCUT2D eigenvalue weighted by Gasteiger charge is 2.22. The van der Waals surface area contributed by atoms with Gasteiger partial charge in [0.15, 0.2) is 11.6 Å². The first-order chi connectivity index (χ1) is 8.75. The minimum atomic E-state index is -0.845. The number of methoxy groups -OCH3 is 1.